The van der Waals surface area contributed by atoms with Crippen molar-refractivity contribution < 1.29 is 18.3 Å². The SMILES string of the molecule is COC(=O)c1sc2nc(/C(Cl)=C/c3ccc(F)c(F)c3)[nH]c(=O)c2c1C. The number of H-pyrrole nitrogens is 1. The molecule has 0 saturated heterocycles. The summed E-state index contributed by atoms with van der Waals surface area (Å²) in [4.78, 5) is 31.5. The zero-order chi connectivity index (χ0) is 19.0. The Morgan fingerprint density at radius 1 is 1.35 bits per heavy atom. The minimum Gasteiger partial charge on any atom is -0.465 e. The number of rotatable bonds is 3. The summed E-state index contributed by atoms with van der Waals surface area (Å²) < 4.78 is 31.0. The summed E-state index contributed by atoms with van der Waals surface area (Å²) in [5, 5.41) is 0.303. The highest BCUT2D eigenvalue weighted by Crippen LogP contribution is 2.29. The number of hydrogen-bond acceptors (Lipinski definition) is 5. The normalized spacial score (nSPS) is 11.8. The Morgan fingerprint density at radius 2 is 2.08 bits per heavy atom. The summed E-state index contributed by atoms with van der Waals surface area (Å²) in [5.74, 6) is -2.51. The molecule has 0 radical (unpaired) electrons. The number of esters is 1. The highest BCUT2D eigenvalue weighted by atomic mass is 35.5. The van der Waals surface area contributed by atoms with E-state index >= 15 is 0 Å². The average molecular weight is 397 g/mol. The van der Waals surface area contributed by atoms with Crippen molar-refractivity contribution in [3.8, 4) is 0 Å². The van der Waals surface area contributed by atoms with Crippen LogP contribution < -0.4 is 5.56 Å². The number of carbonyl (C=O) groups excluding carboxylic acids is 1. The molecule has 5 nitrogen and oxygen atoms in total. The Morgan fingerprint density at radius 3 is 2.73 bits per heavy atom. The summed E-state index contributed by atoms with van der Waals surface area (Å²) in [6, 6.07) is 3.27. The van der Waals surface area contributed by atoms with Crippen LogP contribution in [0.5, 0.6) is 0 Å². The number of ether oxygens (including phenoxy) is 1. The summed E-state index contributed by atoms with van der Waals surface area (Å²) in [5.41, 5.74) is 0.304. The highest BCUT2D eigenvalue weighted by Gasteiger charge is 2.20. The predicted molar refractivity (Wildman–Crippen MR) is 96.4 cm³/mol. The van der Waals surface area contributed by atoms with Crippen molar-refractivity contribution in [1.29, 1.82) is 0 Å². The van der Waals surface area contributed by atoms with Crippen LogP contribution in [0.1, 0.15) is 26.6 Å². The number of thiophene rings is 1. The first-order valence-corrected chi connectivity index (χ1v) is 8.45. The van der Waals surface area contributed by atoms with Gasteiger partial charge in [-0.15, -0.1) is 11.3 Å². The van der Waals surface area contributed by atoms with E-state index in [0.717, 1.165) is 23.5 Å². The van der Waals surface area contributed by atoms with E-state index in [1.165, 1.54) is 19.3 Å². The van der Waals surface area contributed by atoms with Crippen LogP contribution in [0.3, 0.4) is 0 Å². The van der Waals surface area contributed by atoms with Crippen LogP contribution >= 0.6 is 22.9 Å². The quantitative estimate of drug-likeness (QED) is 0.677. The fourth-order valence-corrected chi connectivity index (χ4v) is 3.68. The van der Waals surface area contributed by atoms with Gasteiger partial charge in [0.25, 0.3) is 5.56 Å². The van der Waals surface area contributed by atoms with Gasteiger partial charge < -0.3 is 9.72 Å². The number of methoxy groups -OCH3 is 1. The van der Waals surface area contributed by atoms with Crippen LogP contribution in [0.2, 0.25) is 0 Å². The molecule has 26 heavy (non-hydrogen) atoms. The molecule has 0 bridgehead atoms. The topological polar surface area (TPSA) is 72.0 Å². The standard InChI is InChI=1S/C17H11ClF2N2O3S/c1-7-12-15(23)21-14(22-16(12)26-13(7)17(24)25-2)9(18)5-8-3-4-10(19)11(20)6-8/h3-6H,1-2H3,(H,21,22,23)/b9-5-. The Balaban J connectivity index is 2.10. The number of benzene rings is 1. The van der Waals surface area contributed by atoms with Gasteiger partial charge in [0.2, 0.25) is 0 Å². The number of nitrogens with zero attached hydrogens (tertiary/aromatic N) is 1. The van der Waals surface area contributed by atoms with Gasteiger partial charge in [0, 0.05) is 0 Å². The number of aryl methyl sites for hydroxylation is 1. The van der Waals surface area contributed by atoms with E-state index < -0.39 is 23.2 Å². The predicted octanol–water partition coefficient (Wildman–Crippen LogP) is 4.09. The van der Waals surface area contributed by atoms with Crippen molar-refractivity contribution in [3.05, 3.63) is 62.0 Å². The fraction of sp³-hybridized carbons (Fsp3) is 0.118. The molecule has 0 unspecified atom stereocenters. The fourth-order valence-electron chi connectivity index (χ4n) is 2.36. The van der Waals surface area contributed by atoms with Crippen LogP contribution in [0.25, 0.3) is 21.3 Å². The Kier molecular flexibility index (Phi) is 4.88. The molecule has 3 rings (SSSR count). The number of hydrogen-bond donors (Lipinski definition) is 1. The Labute approximate surface area is 154 Å². The number of nitrogens with one attached hydrogen (secondary N) is 1. The highest BCUT2D eigenvalue weighted by molar-refractivity contribution is 7.20. The van der Waals surface area contributed by atoms with E-state index in [2.05, 4.69) is 9.97 Å². The van der Waals surface area contributed by atoms with Crippen LogP contribution in [-0.2, 0) is 4.74 Å². The zero-order valence-electron chi connectivity index (χ0n) is 13.5. The van der Waals surface area contributed by atoms with E-state index in [4.69, 9.17) is 16.3 Å². The lowest BCUT2D eigenvalue weighted by Crippen LogP contribution is -2.10. The molecule has 1 N–H and O–H groups in total. The third kappa shape index (κ3) is 3.25. The number of halogens is 3. The summed E-state index contributed by atoms with van der Waals surface area (Å²) in [6.07, 6.45) is 1.34. The van der Waals surface area contributed by atoms with Gasteiger partial charge in [-0.3, -0.25) is 4.79 Å². The molecule has 134 valence electrons. The van der Waals surface area contributed by atoms with E-state index in [-0.39, 0.29) is 21.1 Å². The monoisotopic (exact) mass is 396 g/mol. The Bertz CT molecular complexity index is 1120. The summed E-state index contributed by atoms with van der Waals surface area (Å²) >= 11 is 7.18. The smallest absolute Gasteiger partial charge is 0.348 e. The zero-order valence-corrected chi connectivity index (χ0v) is 15.1. The van der Waals surface area contributed by atoms with Gasteiger partial charge in [-0.1, -0.05) is 17.7 Å². The molecular weight excluding hydrogens is 386 g/mol. The third-order valence-electron chi connectivity index (χ3n) is 3.63. The lowest BCUT2D eigenvalue weighted by molar-refractivity contribution is 0.0605. The molecular formula is C17H11ClF2N2O3S. The molecule has 0 amide bonds. The van der Waals surface area contributed by atoms with Gasteiger partial charge in [0.1, 0.15) is 9.71 Å². The van der Waals surface area contributed by atoms with Gasteiger partial charge in [-0.25, -0.2) is 18.6 Å². The van der Waals surface area contributed by atoms with Crippen molar-refractivity contribution in [2.75, 3.05) is 7.11 Å². The van der Waals surface area contributed by atoms with E-state index in [0.29, 0.717) is 16.0 Å². The number of aromatic nitrogens is 2. The van der Waals surface area contributed by atoms with Crippen LogP contribution in [0.4, 0.5) is 8.78 Å². The minimum absolute atomic E-state index is 0.0284. The summed E-state index contributed by atoms with van der Waals surface area (Å²) in [6.45, 7) is 1.63. The molecule has 1 aromatic carbocycles. The maximum atomic E-state index is 13.3. The summed E-state index contributed by atoms with van der Waals surface area (Å²) in [7, 11) is 1.25. The lowest BCUT2D eigenvalue weighted by Gasteiger charge is -2.01. The molecule has 2 aromatic heterocycles. The van der Waals surface area contributed by atoms with Crippen LogP contribution in [0, 0.1) is 18.6 Å². The first-order chi connectivity index (χ1) is 12.3. The second kappa shape index (κ2) is 6.97. The van der Waals surface area contributed by atoms with E-state index in [9.17, 15) is 18.4 Å². The molecule has 3 aromatic rings. The van der Waals surface area contributed by atoms with Gasteiger partial charge >= 0.3 is 5.97 Å². The number of fused-ring (bicyclic) bond motifs is 1. The Hall–Kier alpha value is -2.58. The molecule has 0 atom stereocenters. The lowest BCUT2D eigenvalue weighted by atomic mass is 10.2. The molecule has 0 aliphatic carbocycles. The number of carbonyl (C=O) groups is 1. The van der Waals surface area contributed by atoms with Crippen molar-refractivity contribution in [2.45, 2.75) is 6.92 Å². The molecule has 0 spiro atoms. The molecule has 0 fully saturated rings. The maximum Gasteiger partial charge on any atom is 0.348 e. The van der Waals surface area contributed by atoms with Crippen molar-refractivity contribution >= 4 is 50.2 Å². The van der Waals surface area contributed by atoms with Gasteiger partial charge in [0.15, 0.2) is 17.5 Å². The number of aromatic amines is 1. The van der Waals surface area contributed by atoms with Gasteiger partial charge in [0.05, 0.1) is 17.5 Å². The molecule has 0 aliphatic heterocycles. The van der Waals surface area contributed by atoms with E-state index in [1.807, 2.05) is 0 Å². The second-order valence-electron chi connectivity index (χ2n) is 5.31. The molecule has 9 heteroatoms. The maximum absolute atomic E-state index is 13.3. The van der Waals surface area contributed by atoms with Gasteiger partial charge in [-0.05, 0) is 36.3 Å². The van der Waals surface area contributed by atoms with Crippen LogP contribution in [0.15, 0.2) is 23.0 Å². The average Bonchev–Trinajstić information content (AvgIpc) is 2.94. The second-order valence-corrected chi connectivity index (χ2v) is 6.71. The molecule has 0 aliphatic rings. The third-order valence-corrected chi connectivity index (χ3v) is 5.09. The first-order valence-electron chi connectivity index (χ1n) is 7.26. The van der Waals surface area contributed by atoms with Crippen LogP contribution in [-0.4, -0.2) is 23.0 Å². The van der Waals surface area contributed by atoms with Crippen molar-refractivity contribution in [2.24, 2.45) is 0 Å². The van der Waals surface area contributed by atoms with Gasteiger partial charge in [-0.2, -0.15) is 0 Å². The van der Waals surface area contributed by atoms with E-state index in [1.54, 1.807) is 6.92 Å². The first kappa shape index (κ1) is 18.2. The van der Waals surface area contributed by atoms with Crippen molar-refractivity contribution in [3.63, 3.8) is 0 Å². The molecule has 2 heterocycles. The minimum atomic E-state index is -1.02. The largest absolute Gasteiger partial charge is 0.465 e. The molecule has 0 saturated carbocycles. The van der Waals surface area contributed by atoms with Crippen molar-refractivity contribution in [1.82, 2.24) is 9.97 Å².